The number of fused-ring (bicyclic) bond motifs is 1. The van der Waals surface area contributed by atoms with Crippen molar-refractivity contribution in [3.63, 3.8) is 0 Å². The Morgan fingerprint density at radius 1 is 0.829 bits per heavy atom. The van der Waals surface area contributed by atoms with Crippen molar-refractivity contribution in [3.05, 3.63) is 77.3 Å². The predicted octanol–water partition coefficient (Wildman–Crippen LogP) is 4.95. The van der Waals surface area contributed by atoms with Crippen LogP contribution in [0.2, 0.25) is 5.02 Å². The Labute approximate surface area is 207 Å². The van der Waals surface area contributed by atoms with E-state index in [0.29, 0.717) is 22.2 Å². The number of carbonyl (C=O) groups is 1. The SMILES string of the molecule is CC(=O)Nc1ccc(S(=O)(=O)Nc2ccc(Cl)cc2NS(=O)(=O)c2cc3ccccc3o2)cc1C. The van der Waals surface area contributed by atoms with Crippen LogP contribution in [0.25, 0.3) is 11.0 Å². The number of aryl methyl sites for hydroxylation is 1. The summed E-state index contributed by atoms with van der Waals surface area (Å²) in [5.74, 6) is -0.288. The van der Waals surface area contributed by atoms with Gasteiger partial charge >= 0.3 is 0 Å². The molecule has 35 heavy (non-hydrogen) atoms. The van der Waals surface area contributed by atoms with Crippen molar-refractivity contribution in [1.82, 2.24) is 0 Å². The molecule has 1 aromatic heterocycles. The molecule has 0 bridgehead atoms. The molecule has 4 rings (SSSR count). The minimum atomic E-state index is -4.21. The van der Waals surface area contributed by atoms with E-state index in [1.54, 1.807) is 31.2 Å². The Hall–Kier alpha value is -3.54. The fourth-order valence-electron chi connectivity index (χ4n) is 3.31. The first-order valence-corrected chi connectivity index (χ1v) is 13.5. The second kappa shape index (κ2) is 9.25. The van der Waals surface area contributed by atoms with Crippen LogP contribution in [0.4, 0.5) is 17.1 Å². The monoisotopic (exact) mass is 533 g/mol. The van der Waals surface area contributed by atoms with Gasteiger partial charge in [0.1, 0.15) is 5.58 Å². The predicted molar refractivity (Wildman–Crippen MR) is 135 cm³/mol. The molecule has 182 valence electrons. The van der Waals surface area contributed by atoms with Crippen molar-refractivity contribution in [3.8, 4) is 0 Å². The van der Waals surface area contributed by atoms with Crippen LogP contribution in [0.1, 0.15) is 12.5 Å². The number of anilines is 3. The zero-order chi connectivity index (χ0) is 25.4. The standard InChI is InChI=1S/C23H20ClN3O6S2/c1-14-11-18(8-10-19(14)25-15(2)28)34(29,30)26-20-9-7-17(24)13-21(20)27-35(31,32)23-12-16-5-3-4-6-22(16)33-23/h3-13,26-27H,1-2H3,(H,25,28). The highest BCUT2D eigenvalue weighted by molar-refractivity contribution is 7.93. The van der Waals surface area contributed by atoms with Crippen molar-refractivity contribution >= 4 is 65.6 Å². The lowest BCUT2D eigenvalue weighted by atomic mass is 10.2. The molecule has 0 atom stereocenters. The maximum atomic E-state index is 13.1. The number of halogens is 1. The highest BCUT2D eigenvalue weighted by Crippen LogP contribution is 2.32. The highest BCUT2D eigenvalue weighted by atomic mass is 35.5. The van der Waals surface area contributed by atoms with Crippen molar-refractivity contribution in [2.45, 2.75) is 23.8 Å². The van der Waals surface area contributed by atoms with Crippen molar-refractivity contribution < 1.29 is 26.0 Å². The van der Waals surface area contributed by atoms with Gasteiger partial charge in [0.15, 0.2) is 0 Å². The molecule has 1 amide bonds. The average Bonchev–Trinajstić information content (AvgIpc) is 3.22. The second-order valence-electron chi connectivity index (χ2n) is 7.66. The molecule has 1 heterocycles. The first-order valence-electron chi connectivity index (χ1n) is 10.2. The molecule has 0 aliphatic heterocycles. The van der Waals surface area contributed by atoms with E-state index < -0.39 is 20.0 Å². The summed E-state index contributed by atoms with van der Waals surface area (Å²) in [4.78, 5) is 11.2. The molecule has 3 aromatic carbocycles. The van der Waals surface area contributed by atoms with Crippen LogP contribution in [-0.4, -0.2) is 22.7 Å². The lowest BCUT2D eigenvalue weighted by molar-refractivity contribution is -0.114. The lowest BCUT2D eigenvalue weighted by Crippen LogP contribution is -2.17. The zero-order valence-electron chi connectivity index (χ0n) is 18.5. The molecule has 0 aliphatic rings. The molecule has 12 heteroatoms. The number of hydrogen-bond donors (Lipinski definition) is 3. The third-order valence-corrected chi connectivity index (χ3v) is 7.77. The molecule has 0 aliphatic carbocycles. The maximum absolute atomic E-state index is 13.1. The summed E-state index contributed by atoms with van der Waals surface area (Å²) in [5, 5.41) is 3.06. The molecule has 0 radical (unpaired) electrons. The Balaban J connectivity index is 1.66. The van der Waals surface area contributed by atoms with E-state index in [1.165, 1.54) is 49.4 Å². The topological polar surface area (TPSA) is 135 Å². The number of hydrogen-bond acceptors (Lipinski definition) is 6. The van der Waals surface area contributed by atoms with E-state index in [4.69, 9.17) is 16.0 Å². The second-order valence-corrected chi connectivity index (χ2v) is 11.4. The van der Waals surface area contributed by atoms with Crippen molar-refractivity contribution in [2.24, 2.45) is 0 Å². The summed E-state index contributed by atoms with van der Waals surface area (Å²) in [6, 6.07) is 16.4. The molecule has 9 nitrogen and oxygen atoms in total. The number of carbonyl (C=O) groups excluding carboxylic acids is 1. The quantitative estimate of drug-likeness (QED) is 0.307. The fourth-order valence-corrected chi connectivity index (χ4v) is 5.69. The summed E-state index contributed by atoms with van der Waals surface area (Å²) in [6.45, 7) is 3.00. The van der Waals surface area contributed by atoms with Crippen molar-refractivity contribution in [2.75, 3.05) is 14.8 Å². The summed E-state index contributed by atoms with van der Waals surface area (Å²) in [5.41, 5.74) is 1.26. The van der Waals surface area contributed by atoms with E-state index in [0.717, 1.165) is 0 Å². The maximum Gasteiger partial charge on any atom is 0.295 e. The minimum absolute atomic E-state index is 0.0438. The van der Waals surface area contributed by atoms with Crippen LogP contribution >= 0.6 is 11.6 Å². The zero-order valence-corrected chi connectivity index (χ0v) is 20.9. The molecule has 3 N–H and O–H groups in total. The van der Waals surface area contributed by atoms with Crippen LogP contribution in [0, 0.1) is 6.92 Å². The third-order valence-electron chi connectivity index (χ3n) is 4.96. The summed E-state index contributed by atoms with van der Waals surface area (Å²) < 4.78 is 62.2. The van der Waals surface area contributed by atoms with E-state index in [-0.39, 0.29) is 32.3 Å². The van der Waals surface area contributed by atoms with E-state index in [2.05, 4.69) is 14.8 Å². The molecule has 0 saturated carbocycles. The number of benzene rings is 3. The molecular formula is C23H20ClN3O6S2. The Morgan fingerprint density at radius 2 is 1.51 bits per heavy atom. The molecule has 4 aromatic rings. The smallest absolute Gasteiger partial charge is 0.295 e. The van der Waals surface area contributed by atoms with Crippen LogP contribution in [-0.2, 0) is 24.8 Å². The van der Waals surface area contributed by atoms with Gasteiger partial charge in [-0.3, -0.25) is 14.2 Å². The van der Waals surface area contributed by atoms with Gasteiger partial charge in [0, 0.05) is 29.1 Å². The molecule has 0 fully saturated rings. The minimum Gasteiger partial charge on any atom is -0.443 e. The van der Waals surface area contributed by atoms with Gasteiger partial charge in [0.2, 0.25) is 11.0 Å². The molecule has 0 saturated heterocycles. The summed E-state index contributed by atoms with van der Waals surface area (Å²) >= 11 is 6.05. The number of nitrogens with one attached hydrogen (secondary N) is 3. The van der Waals surface area contributed by atoms with E-state index >= 15 is 0 Å². The summed E-state index contributed by atoms with van der Waals surface area (Å²) in [6.07, 6.45) is 0. The third kappa shape index (κ3) is 5.42. The van der Waals surface area contributed by atoms with Gasteiger partial charge in [-0.15, -0.1) is 0 Å². The van der Waals surface area contributed by atoms with Crippen molar-refractivity contribution in [1.29, 1.82) is 0 Å². The van der Waals surface area contributed by atoms with Crippen LogP contribution in [0.15, 0.2) is 81.1 Å². The van der Waals surface area contributed by atoms with Gasteiger partial charge in [-0.25, -0.2) is 8.42 Å². The van der Waals surface area contributed by atoms with Crippen LogP contribution < -0.4 is 14.8 Å². The molecular weight excluding hydrogens is 514 g/mol. The van der Waals surface area contributed by atoms with Gasteiger partial charge in [-0.2, -0.15) is 8.42 Å². The largest absolute Gasteiger partial charge is 0.443 e. The normalized spacial score (nSPS) is 11.9. The first-order chi connectivity index (χ1) is 16.4. The molecule has 0 unspecified atom stereocenters. The van der Waals surface area contributed by atoms with Crippen LogP contribution in [0.3, 0.4) is 0 Å². The first kappa shape index (κ1) is 24.6. The van der Waals surface area contributed by atoms with Gasteiger partial charge in [0.25, 0.3) is 20.0 Å². The number of para-hydroxylation sites is 1. The van der Waals surface area contributed by atoms with Gasteiger partial charge < -0.3 is 9.73 Å². The van der Waals surface area contributed by atoms with Gasteiger partial charge in [-0.1, -0.05) is 29.8 Å². The number of amides is 1. The fraction of sp³-hybridized carbons (Fsp3) is 0.0870. The highest BCUT2D eigenvalue weighted by Gasteiger charge is 2.23. The lowest BCUT2D eigenvalue weighted by Gasteiger charge is -2.15. The number of rotatable bonds is 7. The van der Waals surface area contributed by atoms with E-state index in [1.807, 2.05) is 0 Å². The number of furan rings is 1. The Morgan fingerprint density at radius 3 is 2.20 bits per heavy atom. The molecule has 0 spiro atoms. The average molecular weight is 534 g/mol. The summed E-state index contributed by atoms with van der Waals surface area (Å²) in [7, 11) is -8.33. The number of sulfonamides is 2. The van der Waals surface area contributed by atoms with Crippen LogP contribution in [0.5, 0.6) is 0 Å². The van der Waals surface area contributed by atoms with Gasteiger partial charge in [-0.05, 0) is 55.0 Å². The van der Waals surface area contributed by atoms with Gasteiger partial charge in [0.05, 0.1) is 16.3 Å². The Bertz CT molecular complexity index is 1630. The Kier molecular flexibility index (Phi) is 6.50. The van der Waals surface area contributed by atoms with E-state index in [9.17, 15) is 21.6 Å².